The Morgan fingerprint density at radius 2 is 2.22 bits per heavy atom. The Hall–Kier alpha value is -2.57. The zero-order valence-corrected chi connectivity index (χ0v) is 9.71. The normalized spacial score (nSPS) is 10.1. The number of amides is 1. The number of benzene rings is 1. The molecule has 1 heterocycles. The number of para-hydroxylation sites is 2. The monoisotopic (exact) mass is 248 g/mol. The van der Waals surface area contributed by atoms with Crippen molar-refractivity contribution in [2.75, 3.05) is 17.7 Å². The summed E-state index contributed by atoms with van der Waals surface area (Å²) in [6, 6.07) is 6.96. The first-order valence-corrected chi connectivity index (χ1v) is 5.22. The molecule has 94 valence electrons. The van der Waals surface area contributed by atoms with E-state index in [9.17, 15) is 4.79 Å². The van der Waals surface area contributed by atoms with Gasteiger partial charge in [0.2, 0.25) is 5.89 Å². The van der Waals surface area contributed by atoms with Gasteiger partial charge in [0, 0.05) is 6.92 Å². The number of aryl methyl sites for hydroxylation is 1. The Bertz CT molecular complexity index is 553. The average Bonchev–Trinajstić information content (AvgIpc) is 2.74. The molecule has 0 saturated carbocycles. The zero-order valence-electron chi connectivity index (χ0n) is 9.71. The van der Waals surface area contributed by atoms with Crippen LogP contribution in [0.2, 0.25) is 0 Å². The molecule has 2 rings (SSSR count). The molecule has 2 aromatic rings. The molecule has 0 bridgehead atoms. The highest BCUT2D eigenvalue weighted by atomic mass is 16.5. The Balaban J connectivity index is 1.87. The molecule has 7 heteroatoms. The molecule has 0 aliphatic rings. The molecule has 3 N–H and O–H groups in total. The van der Waals surface area contributed by atoms with Gasteiger partial charge in [-0.05, 0) is 12.1 Å². The third kappa shape index (κ3) is 2.97. The van der Waals surface area contributed by atoms with Crippen molar-refractivity contribution in [3.8, 4) is 5.75 Å². The van der Waals surface area contributed by atoms with E-state index in [0.717, 1.165) is 0 Å². The fraction of sp³-hybridized carbons (Fsp3) is 0.182. The van der Waals surface area contributed by atoms with E-state index >= 15 is 0 Å². The van der Waals surface area contributed by atoms with Gasteiger partial charge in [0.15, 0.2) is 6.61 Å². The summed E-state index contributed by atoms with van der Waals surface area (Å²) in [5, 5.41) is 9.62. The van der Waals surface area contributed by atoms with Gasteiger partial charge in [-0.25, -0.2) is 0 Å². The van der Waals surface area contributed by atoms with Gasteiger partial charge >= 0.3 is 6.01 Å². The van der Waals surface area contributed by atoms with Crippen LogP contribution in [-0.4, -0.2) is 22.7 Å². The number of aromatic nitrogens is 2. The van der Waals surface area contributed by atoms with Gasteiger partial charge in [-0.3, -0.25) is 10.1 Å². The van der Waals surface area contributed by atoms with Gasteiger partial charge < -0.3 is 14.9 Å². The molecule has 1 aromatic heterocycles. The number of anilines is 2. The molecule has 0 atom stereocenters. The maximum absolute atomic E-state index is 11.5. The number of nitrogens with two attached hydrogens (primary N) is 1. The summed E-state index contributed by atoms with van der Waals surface area (Å²) in [5.41, 5.74) is 6.14. The van der Waals surface area contributed by atoms with Crippen molar-refractivity contribution < 1.29 is 13.9 Å². The van der Waals surface area contributed by atoms with Crippen LogP contribution in [0.25, 0.3) is 0 Å². The minimum Gasteiger partial charge on any atom is -0.482 e. The molecule has 1 amide bonds. The van der Waals surface area contributed by atoms with E-state index in [1.165, 1.54) is 0 Å². The van der Waals surface area contributed by atoms with E-state index in [1.54, 1.807) is 31.2 Å². The lowest BCUT2D eigenvalue weighted by Gasteiger charge is -2.07. The Morgan fingerprint density at radius 3 is 2.89 bits per heavy atom. The van der Waals surface area contributed by atoms with Crippen LogP contribution in [0, 0.1) is 6.92 Å². The Labute approximate surface area is 103 Å². The second-order valence-electron chi connectivity index (χ2n) is 3.50. The van der Waals surface area contributed by atoms with Crippen molar-refractivity contribution in [3.05, 3.63) is 30.2 Å². The van der Waals surface area contributed by atoms with E-state index in [0.29, 0.717) is 17.3 Å². The number of carbonyl (C=O) groups excluding carboxylic acids is 1. The molecule has 7 nitrogen and oxygen atoms in total. The molecule has 0 fully saturated rings. The fourth-order valence-electron chi connectivity index (χ4n) is 1.26. The van der Waals surface area contributed by atoms with Gasteiger partial charge in [-0.2, -0.15) is 0 Å². The predicted molar refractivity (Wildman–Crippen MR) is 64.0 cm³/mol. The number of hydrogen-bond donors (Lipinski definition) is 2. The molecular formula is C11H12N4O3. The molecule has 1 aromatic carbocycles. The van der Waals surface area contributed by atoms with E-state index in [2.05, 4.69) is 15.5 Å². The summed E-state index contributed by atoms with van der Waals surface area (Å²) < 4.78 is 10.2. The number of hydrogen-bond acceptors (Lipinski definition) is 6. The molecule has 0 spiro atoms. The summed E-state index contributed by atoms with van der Waals surface area (Å²) in [5.74, 6) is 0.426. The van der Waals surface area contributed by atoms with E-state index in [1.807, 2.05) is 0 Å². The minimum absolute atomic E-state index is 0.0436. The van der Waals surface area contributed by atoms with Crippen LogP contribution in [0.15, 0.2) is 28.7 Å². The number of nitrogens with zero attached hydrogens (tertiary/aromatic N) is 2. The van der Waals surface area contributed by atoms with Crippen LogP contribution in [0.4, 0.5) is 11.7 Å². The molecule has 18 heavy (non-hydrogen) atoms. The summed E-state index contributed by atoms with van der Waals surface area (Å²) in [7, 11) is 0. The van der Waals surface area contributed by atoms with Gasteiger partial charge in [-0.15, -0.1) is 5.10 Å². The number of rotatable bonds is 4. The highest BCUT2D eigenvalue weighted by Crippen LogP contribution is 2.19. The lowest BCUT2D eigenvalue weighted by atomic mass is 10.3. The standard InChI is InChI=1S/C11H12N4O3/c1-7-14-15-11(18-7)13-10(16)6-17-9-5-3-2-4-8(9)12/h2-5H,6,12H2,1H3,(H,13,15,16). The van der Waals surface area contributed by atoms with E-state index in [4.69, 9.17) is 14.9 Å². The molecule has 0 saturated heterocycles. The second kappa shape index (κ2) is 5.17. The van der Waals surface area contributed by atoms with Crippen molar-refractivity contribution in [1.82, 2.24) is 10.2 Å². The van der Waals surface area contributed by atoms with Crippen LogP contribution in [0.1, 0.15) is 5.89 Å². The average molecular weight is 248 g/mol. The van der Waals surface area contributed by atoms with Gasteiger partial charge in [0.1, 0.15) is 5.75 Å². The van der Waals surface area contributed by atoms with Crippen molar-refractivity contribution in [2.45, 2.75) is 6.92 Å². The topological polar surface area (TPSA) is 103 Å². The third-order valence-electron chi connectivity index (χ3n) is 2.05. The van der Waals surface area contributed by atoms with Gasteiger partial charge in [-0.1, -0.05) is 17.2 Å². The van der Waals surface area contributed by atoms with Crippen molar-refractivity contribution in [2.24, 2.45) is 0 Å². The third-order valence-corrected chi connectivity index (χ3v) is 2.05. The molecule has 0 aliphatic heterocycles. The number of nitrogens with one attached hydrogen (secondary N) is 1. The van der Waals surface area contributed by atoms with E-state index in [-0.39, 0.29) is 12.6 Å². The first-order valence-electron chi connectivity index (χ1n) is 5.22. The lowest BCUT2D eigenvalue weighted by Crippen LogP contribution is -2.20. The first kappa shape index (κ1) is 11.9. The maximum atomic E-state index is 11.5. The number of ether oxygens (including phenoxy) is 1. The smallest absolute Gasteiger partial charge is 0.322 e. The molecule has 0 aliphatic carbocycles. The largest absolute Gasteiger partial charge is 0.482 e. The Kier molecular flexibility index (Phi) is 3.42. The summed E-state index contributed by atoms with van der Waals surface area (Å²) in [6.45, 7) is 1.44. The van der Waals surface area contributed by atoms with E-state index < -0.39 is 5.91 Å². The summed E-state index contributed by atoms with van der Waals surface area (Å²) >= 11 is 0. The zero-order chi connectivity index (χ0) is 13.0. The van der Waals surface area contributed by atoms with Gasteiger partial charge in [0.25, 0.3) is 5.91 Å². The van der Waals surface area contributed by atoms with Gasteiger partial charge in [0.05, 0.1) is 5.69 Å². The highest BCUT2D eigenvalue weighted by molar-refractivity contribution is 5.89. The van der Waals surface area contributed by atoms with Crippen molar-refractivity contribution in [3.63, 3.8) is 0 Å². The Morgan fingerprint density at radius 1 is 1.44 bits per heavy atom. The summed E-state index contributed by atoms with van der Waals surface area (Å²) in [4.78, 5) is 11.5. The van der Waals surface area contributed by atoms with Crippen LogP contribution in [0.5, 0.6) is 5.75 Å². The lowest BCUT2D eigenvalue weighted by molar-refractivity contribution is -0.118. The van der Waals surface area contributed by atoms with Crippen molar-refractivity contribution in [1.29, 1.82) is 0 Å². The molecule has 0 unspecified atom stereocenters. The predicted octanol–water partition coefficient (Wildman–Crippen LogP) is 0.978. The minimum atomic E-state index is -0.401. The highest BCUT2D eigenvalue weighted by Gasteiger charge is 2.09. The quantitative estimate of drug-likeness (QED) is 0.781. The first-order chi connectivity index (χ1) is 8.65. The molecular weight excluding hydrogens is 236 g/mol. The number of nitrogen functional groups attached to an aromatic ring is 1. The fourth-order valence-corrected chi connectivity index (χ4v) is 1.26. The van der Waals surface area contributed by atoms with Crippen LogP contribution >= 0.6 is 0 Å². The van der Waals surface area contributed by atoms with Crippen LogP contribution in [-0.2, 0) is 4.79 Å². The van der Waals surface area contributed by atoms with Crippen molar-refractivity contribution >= 4 is 17.6 Å². The number of carbonyl (C=O) groups is 1. The van der Waals surface area contributed by atoms with Crippen LogP contribution in [0.3, 0.4) is 0 Å². The molecule has 0 radical (unpaired) electrons. The maximum Gasteiger partial charge on any atom is 0.322 e. The van der Waals surface area contributed by atoms with Crippen LogP contribution < -0.4 is 15.8 Å². The second-order valence-corrected chi connectivity index (χ2v) is 3.50. The summed E-state index contributed by atoms with van der Waals surface area (Å²) in [6.07, 6.45) is 0. The SMILES string of the molecule is Cc1nnc(NC(=O)COc2ccccc2N)o1.